The van der Waals surface area contributed by atoms with Crippen molar-refractivity contribution in [1.29, 1.82) is 0 Å². The quantitative estimate of drug-likeness (QED) is 0.824. The Hall–Kier alpha value is -1.10. The fraction of sp³-hybridized carbons (Fsp3) is 0.867. The van der Waals surface area contributed by atoms with Crippen molar-refractivity contribution < 1.29 is 9.59 Å². The second-order valence-corrected chi connectivity index (χ2v) is 6.25. The van der Waals surface area contributed by atoms with E-state index < -0.39 is 0 Å². The Labute approximate surface area is 121 Å². The average molecular weight is 281 g/mol. The van der Waals surface area contributed by atoms with E-state index in [9.17, 15) is 9.59 Å². The summed E-state index contributed by atoms with van der Waals surface area (Å²) in [6.07, 6.45) is 5.80. The van der Waals surface area contributed by atoms with E-state index in [1.165, 1.54) is 19.3 Å². The molecule has 1 unspecified atom stereocenters. The minimum atomic E-state index is -0.313. The predicted octanol–water partition coefficient (Wildman–Crippen LogP) is 1.53. The zero-order valence-electron chi connectivity index (χ0n) is 12.7. The molecule has 0 aromatic rings. The normalized spacial score (nSPS) is 24.8. The summed E-state index contributed by atoms with van der Waals surface area (Å²) in [4.78, 5) is 26.4. The summed E-state index contributed by atoms with van der Waals surface area (Å²) in [7, 11) is 0. The van der Waals surface area contributed by atoms with E-state index in [0.29, 0.717) is 19.1 Å². The third-order valence-electron chi connectivity index (χ3n) is 4.33. The Balaban J connectivity index is 1.95. The van der Waals surface area contributed by atoms with Gasteiger partial charge in [-0.15, -0.1) is 0 Å². The summed E-state index contributed by atoms with van der Waals surface area (Å²) >= 11 is 0. The van der Waals surface area contributed by atoms with E-state index in [1.807, 2.05) is 13.8 Å². The van der Waals surface area contributed by atoms with Gasteiger partial charge in [0.2, 0.25) is 0 Å². The van der Waals surface area contributed by atoms with Gasteiger partial charge < -0.3 is 15.5 Å². The zero-order valence-corrected chi connectivity index (χ0v) is 12.7. The maximum absolute atomic E-state index is 12.4. The van der Waals surface area contributed by atoms with E-state index in [0.717, 1.165) is 19.4 Å². The molecule has 0 spiro atoms. The van der Waals surface area contributed by atoms with Crippen LogP contribution in [-0.2, 0) is 4.79 Å². The van der Waals surface area contributed by atoms with Crippen LogP contribution >= 0.6 is 0 Å². The Bertz CT molecular complexity index is 351. The van der Waals surface area contributed by atoms with E-state index in [2.05, 4.69) is 10.6 Å². The fourth-order valence-electron chi connectivity index (χ4n) is 3.09. The molecule has 2 N–H and O–H groups in total. The monoisotopic (exact) mass is 281 g/mol. The highest BCUT2D eigenvalue weighted by molar-refractivity contribution is 5.90. The topological polar surface area (TPSA) is 61.4 Å². The highest BCUT2D eigenvalue weighted by atomic mass is 16.2. The van der Waals surface area contributed by atoms with E-state index in [-0.39, 0.29) is 23.8 Å². The standard InChI is InChI=1S/C15H27N3O2/c1-11(2)14(19)13-10-16-8-9-18(13)15(20)17-12-6-4-3-5-7-12/h11-13,16H,3-10H2,1-2H3,(H,17,20). The molecule has 20 heavy (non-hydrogen) atoms. The number of hydrogen-bond acceptors (Lipinski definition) is 3. The Morgan fingerprint density at radius 2 is 1.90 bits per heavy atom. The number of urea groups is 1. The largest absolute Gasteiger partial charge is 0.335 e. The van der Waals surface area contributed by atoms with Crippen LogP contribution in [0.5, 0.6) is 0 Å². The summed E-state index contributed by atoms with van der Waals surface area (Å²) in [5, 5.41) is 6.34. The maximum atomic E-state index is 12.4. The van der Waals surface area contributed by atoms with Crippen molar-refractivity contribution >= 4 is 11.8 Å². The number of Topliss-reactive ketones (excluding diaryl/α,β-unsaturated/α-hetero) is 1. The van der Waals surface area contributed by atoms with Crippen molar-refractivity contribution in [2.75, 3.05) is 19.6 Å². The lowest BCUT2D eigenvalue weighted by atomic mass is 9.95. The molecule has 1 saturated heterocycles. The summed E-state index contributed by atoms with van der Waals surface area (Å²) in [6.45, 7) is 5.75. The van der Waals surface area contributed by atoms with Gasteiger partial charge in [0.05, 0.1) is 0 Å². The Kier molecular flexibility index (Phi) is 5.40. The number of rotatable bonds is 3. The second-order valence-electron chi connectivity index (χ2n) is 6.25. The molecular formula is C15H27N3O2. The number of amides is 2. The van der Waals surface area contributed by atoms with Gasteiger partial charge in [-0.3, -0.25) is 4.79 Å². The first kappa shape index (κ1) is 15.3. The smallest absolute Gasteiger partial charge is 0.318 e. The molecule has 5 heteroatoms. The van der Waals surface area contributed by atoms with Crippen molar-refractivity contribution in [1.82, 2.24) is 15.5 Å². The SMILES string of the molecule is CC(C)C(=O)C1CNCCN1C(=O)NC1CCCCC1. The van der Waals surface area contributed by atoms with Gasteiger partial charge >= 0.3 is 6.03 Å². The molecule has 1 heterocycles. The molecule has 2 fully saturated rings. The molecule has 0 bridgehead atoms. The fourth-order valence-corrected chi connectivity index (χ4v) is 3.09. The minimum absolute atomic E-state index is 0.0371. The molecule has 1 saturated carbocycles. The molecule has 114 valence electrons. The van der Waals surface area contributed by atoms with Crippen molar-refractivity contribution in [2.24, 2.45) is 5.92 Å². The summed E-state index contributed by atoms with van der Waals surface area (Å²) in [5.41, 5.74) is 0. The maximum Gasteiger partial charge on any atom is 0.318 e. The van der Waals surface area contributed by atoms with Crippen LogP contribution in [0.4, 0.5) is 4.79 Å². The number of hydrogen-bond donors (Lipinski definition) is 2. The Morgan fingerprint density at radius 3 is 2.55 bits per heavy atom. The van der Waals surface area contributed by atoms with Crippen LogP contribution in [-0.4, -0.2) is 48.4 Å². The third kappa shape index (κ3) is 3.72. The van der Waals surface area contributed by atoms with Crippen LogP contribution in [0.3, 0.4) is 0 Å². The molecule has 0 aromatic heterocycles. The van der Waals surface area contributed by atoms with Gasteiger partial charge in [-0.25, -0.2) is 4.79 Å². The molecule has 2 aliphatic rings. The minimum Gasteiger partial charge on any atom is -0.335 e. The summed E-state index contributed by atoms with van der Waals surface area (Å²) in [6, 6.07) is -0.0781. The van der Waals surface area contributed by atoms with Crippen molar-refractivity contribution in [3.8, 4) is 0 Å². The van der Waals surface area contributed by atoms with E-state index >= 15 is 0 Å². The lowest BCUT2D eigenvalue weighted by Crippen LogP contribution is -2.61. The molecule has 1 aliphatic carbocycles. The molecule has 2 amide bonds. The van der Waals surface area contributed by atoms with Gasteiger partial charge in [0, 0.05) is 31.6 Å². The number of carbonyl (C=O) groups excluding carboxylic acids is 2. The number of piperazine rings is 1. The first-order chi connectivity index (χ1) is 9.59. The van der Waals surface area contributed by atoms with Crippen LogP contribution in [0.2, 0.25) is 0 Å². The van der Waals surface area contributed by atoms with Gasteiger partial charge in [-0.1, -0.05) is 33.1 Å². The first-order valence-corrected chi connectivity index (χ1v) is 7.91. The van der Waals surface area contributed by atoms with Crippen molar-refractivity contribution in [3.63, 3.8) is 0 Å². The molecule has 2 rings (SSSR count). The number of carbonyl (C=O) groups is 2. The van der Waals surface area contributed by atoms with Crippen molar-refractivity contribution in [3.05, 3.63) is 0 Å². The highest BCUT2D eigenvalue weighted by Gasteiger charge is 2.33. The predicted molar refractivity (Wildman–Crippen MR) is 78.6 cm³/mol. The molecular weight excluding hydrogens is 254 g/mol. The van der Waals surface area contributed by atoms with Gasteiger partial charge in [0.15, 0.2) is 5.78 Å². The van der Waals surface area contributed by atoms with E-state index in [4.69, 9.17) is 0 Å². The molecule has 0 aromatic carbocycles. The van der Waals surface area contributed by atoms with Gasteiger partial charge in [0.25, 0.3) is 0 Å². The lowest BCUT2D eigenvalue weighted by Gasteiger charge is -2.37. The molecule has 1 atom stereocenters. The summed E-state index contributed by atoms with van der Waals surface area (Å²) < 4.78 is 0. The zero-order chi connectivity index (χ0) is 14.5. The number of ketones is 1. The first-order valence-electron chi connectivity index (χ1n) is 7.91. The third-order valence-corrected chi connectivity index (χ3v) is 4.33. The molecule has 5 nitrogen and oxygen atoms in total. The van der Waals surface area contributed by atoms with Gasteiger partial charge in [-0.2, -0.15) is 0 Å². The highest BCUT2D eigenvalue weighted by Crippen LogP contribution is 2.18. The number of nitrogens with zero attached hydrogens (tertiary/aromatic N) is 1. The second kappa shape index (κ2) is 7.07. The van der Waals surface area contributed by atoms with Crippen LogP contribution in [0.1, 0.15) is 46.0 Å². The lowest BCUT2D eigenvalue weighted by molar-refractivity contribution is -0.126. The van der Waals surface area contributed by atoms with Crippen LogP contribution in [0.15, 0.2) is 0 Å². The van der Waals surface area contributed by atoms with Gasteiger partial charge in [-0.05, 0) is 12.8 Å². The van der Waals surface area contributed by atoms with E-state index in [1.54, 1.807) is 4.90 Å². The Morgan fingerprint density at radius 1 is 1.20 bits per heavy atom. The van der Waals surface area contributed by atoms with Crippen LogP contribution < -0.4 is 10.6 Å². The van der Waals surface area contributed by atoms with Crippen LogP contribution in [0, 0.1) is 5.92 Å². The number of nitrogens with one attached hydrogen (secondary N) is 2. The van der Waals surface area contributed by atoms with Crippen LogP contribution in [0.25, 0.3) is 0 Å². The van der Waals surface area contributed by atoms with Gasteiger partial charge in [0.1, 0.15) is 6.04 Å². The average Bonchev–Trinajstić information content (AvgIpc) is 2.47. The van der Waals surface area contributed by atoms with Crippen molar-refractivity contribution in [2.45, 2.75) is 58.0 Å². The summed E-state index contributed by atoms with van der Waals surface area (Å²) in [5.74, 6) is 0.112. The molecule has 1 aliphatic heterocycles. The molecule has 0 radical (unpaired) electrons.